The Balaban J connectivity index is 2.22. The molecule has 2 rings (SSSR count). The molecule has 0 spiro atoms. The number of esters is 1. The zero-order valence-corrected chi connectivity index (χ0v) is 15.7. The highest BCUT2D eigenvalue weighted by Gasteiger charge is 2.44. The van der Waals surface area contributed by atoms with Crippen LogP contribution in [0.2, 0.25) is 0 Å². The molecule has 0 fully saturated rings. The van der Waals surface area contributed by atoms with Crippen molar-refractivity contribution in [3.05, 3.63) is 48.0 Å². The maximum atomic E-state index is 12.7. The average Bonchev–Trinajstić information content (AvgIpc) is 2.88. The number of imide groups is 1. The number of nitrogens with one attached hydrogen (secondary N) is 1. The highest BCUT2D eigenvalue weighted by Crippen LogP contribution is 2.27. The van der Waals surface area contributed by atoms with Crippen molar-refractivity contribution in [2.24, 2.45) is 5.92 Å². The van der Waals surface area contributed by atoms with Gasteiger partial charge in [-0.3, -0.25) is 19.3 Å². The quantitative estimate of drug-likeness (QED) is 0.428. The van der Waals surface area contributed by atoms with Crippen molar-refractivity contribution in [2.75, 3.05) is 6.54 Å². The predicted octanol–water partition coefficient (Wildman–Crippen LogP) is 1.93. The summed E-state index contributed by atoms with van der Waals surface area (Å²) in [7, 11) is 0. The minimum atomic E-state index is -1.09. The van der Waals surface area contributed by atoms with E-state index in [0.717, 1.165) is 4.90 Å². The lowest BCUT2D eigenvalue weighted by Gasteiger charge is -2.27. The molecule has 1 aliphatic heterocycles. The van der Waals surface area contributed by atoms with E-state index in [4.69, 9.17) is 4.74 Å². The molecule has 1 heterocycles. The fraction of sp³-hybridized carbons (Fsp3) is 0.400. The van der Waals surface area contributed by atoms with E-state index in [-0.39, 0.29) is 30.0 Å². The van der Waals surface area contributed by atoms with E-state index >= 15 is 0 Å². The van der Waals surface area contributed by atoms with Crippen LogP contribution in [-0.4, -0.2) is 47.3 Å². The smallest absolute Gasteiger partial charge is 0.330 e. The number of hydrogen-bond acceptors (Lipinski definition) is 5. The summed E-state index contributed by atoms with van der Waals surface area (Å²) in [6.07, 6.45) is 0.695. The van der Waals surface area contributed by atoms with Crippen LogP contribution in [0.4, 0.5) is 0 Å². The molecule has 1 N–H and O–H groups in total. The van der Waals surface area contributed by atoms with E-state index in [1.165, 1.54) is 13.0 Å². The van der Waals surface area contributed by atoms with Gasteiger partial charge in [0.25, 0.3) is 17.7 Å². The molecule has 7 nitrogen and oxygen atoms in total. The van der Waals surface area contributed by atoms with Gasteiger partial charge in [-0.25, -0.2) is 4.79 Å². The number of fused-ring (bicyclic) bond motifs is 1. The summed E-state index contributed by atoms with van der Waals surface area (Å²) in [6.45, 7) is 8.93. The van der Waals surface area contributed by atoms with Gasteiger partial charge in [0.1, 0.15) is 6.04 Å². The van der Waals surface area contributed by atoms with Crippen LogP contribution in [0, 0.1) is 5.92 Å². The molecular formula is C20H24N2O5. The van der Waals surface area contributed by atoms with Gasteiger partial charge in [0.2, 0.25) is 0 Å². The Morgan fingerprint density at radius 1 is 1.15 bits per heavy atom. The van der Waals surface area contributed by atoms with Crippen LogP contribution >= 0.6 is 0 Å². The Bertz CT molecular complexity index is 736. The first-order chi connectivity index (χ1) is 12.8. The summed E-state index contributed by atoms with van der Waals surface area (Å²) in [5.41, 5.74) is 0.529. The molecule has 0 saturated heterocycles. The second-order valence-corrected chi connectivity index (χ2v) is 6.78. The Morgan fingerprint density at radius 2 is 1.70 bits per heavy atom. The molecule has 0 radical (unpaired) electrons. The summed E-state index contributed by atoms with van der Waals surface area (Å²) in [4.78, 5) is 51.0. The van der Waals surface area contributed by atoms with E-state index in [2.05, 4.69) is 11.9 Å². The molecule has 27 heavy (non-hydrogen) atoms. The lowest BCUT2D eigenvalue weighted by atomic mass is 10.0. The SMILES string of the molecule is C=CCNC(=O)[C@@H](C)OC(=O)[C@@H](CC(C)C)N1C(=O)c2ccccc2C1=O. The number of benzene rings is 1. The summed E-state index contributed by atoms with van der Waals surface area (Å²) in [6, 6.07) is 5.34. The first kappa shape index (κ1) is 20.4. The van der Waals surface area contributed by atoms with Gasteiger partial charge in [-0.05, 0) is 31.4 Å². The Labute approximate surface area is 158 Å². The van der Waals surface area contributed by atoms with Crippen molar-refractivity contribution in [1.82, 2.24) is 10.2 Å². The molecule has 144 valence electrons. The maximum Gasteiger partial charge on any atom is 0.330 e. The van der Waals surface area contributed by atoms with Gasteiger partial charge < -0.3 is 10.1 Å². The number of ether oxygens (including phenoxy) is 1. The van der Waals surface area contributed by atoms with Crippen LogP contribution in [0.15, 0.2) is 36.9 Å². The fourth-order valence-electron chi connectivity index (χ4n) is 2.87. The molecular weight excluding hydrogens is 348 g/mol. The fourth-order valence-corrected chi connectivity index (χ4v) is 2.87. The number of amides is 3. The van der Waals surface area contributed by atoms with Crippen molar-refractivity contribution in [2.45, 2.75) is 39.3 Å². The van der Waals surface area contributed by atoms with E-state index in [1.807, 2.05) is 13.8 Å². The Kier molecular flexibility index (Phi) is 6.50. The van der Waals surface area contributed by atoms with Crippen molar-refractivity contribution in [3.63, 3.8) is 0 Å². The van der Waals surface area contributed by atoms with Crippen molar-refractivity contribution in [1.29, 1.82) is 0 Å². The summed E-state index contributed by atoms with van der Waals surface area (Å²) < 4.78 is 5.25. The van der Waals surface area contributed by atoms with E-state index in [0.29, 0.717) is 0 Å². The number of hydrogen-bond donors (Lipinski definition) is 1. The summed E-state index contributed by atoms with van der Waals surface area (Å²) in [5.74, 6) is -2.28. The lowest BCUT2D eigenvalue weighted by Crippen LogP contribution is -2.48. The third kappa shape index (κ3) is 4.42. The molecule has 3 amide bonds. The second kappa shape index (κ2) is 8.62. The van der Waals surface area contributed by atoms with E-state index in [9.17, 15) is 19.2 Å². The van der Waals surface area contributed by atoms with Crippen LogP contribution < -0.4 is 5.32 Å². The second-order valence-electron chi connectivity index (χ2n) is 6.78. The van der Waals surface area contributed by atoms with Crippen LogP contribution in [0.1, 0.15) is 47.9 Å². The van der Waals surface area contributed by atoms with Crippen molar-refractivity contribution < 1.29 is 23.9 Å². The standard InChI is InChI=1S/C20H24N2O5/c1-5-10-21-17(23)13(4)27-20(26)16(11-12(2)3)22-18(24)14-8-6-7-9-15(14)19(22)25/h5-9,12-13,16H,1,10-11H2,2-4H3,(H,21,23)/t13-,16-/m1/s1. The first-order valence-electron chi connectivity index (χ1n) is 8.84. The largest absolute Gasteiger partial charge is 0.451 e. The van der Waals surface area contributed by atoms with E-state index in [1.54, 1.807) is 24.3 Å². The van der Waals surface area contributed by atoms with Gasteiger partial charge in [-0.1, -0.05) is 32.1 Å². The molecule has 2 atom stereocenters. The molecule has 0 unspecified atom stereocenters. The maximum absolute atomic E-state index is 12.7. The molecule has 0 bridgehead atoms. The minimum Gasteiger partial charge on any atom is -0.451 e. The summed E-state index contributed by atoms with van der Waals surface area (Å²) in [5, 5.41) is 2.54. The van der Waals surface area contributed by atoms with Gasteiger partial charge in [-0.15, -0.1) is 6.58 Å². The molecule has 0 aliphatic carbocycles. The number of rotatable bonds is 8. The predicted molar refractivity (Wildman–Crippen MR) is 98.9 cm³/mol. The zero-order chi connectivity index (χ0) is 20.1. The van der Waals surface area contributed by atoms with E-state index < -0.39 is 35.8 Å². The first-order valence-corrected chi connectivity index (χ1v) is 8.84. The number of carbonyl (C=O) groups is 4. The minimum absolute atomic E-state index is 0.0248. The highest BCUT2D eigenvalue weighted by atomic mass is 16.5. The Morgan fingerprint density at radius 3 is 2.19 bits per heavy atom. The van der Waals surface area contributed by atoms with Crippen LogP contribution in [0.5, 0.6) is 0 Å². The van der Waals surface area contributed by atoms with Gasteiger partial charge in [0.15, 0.2) is 6.10 Å². The molecule has 1 aliphatic rings. The van der Waals surface area contributed by atoms with Gasteiger partial charge in [-0.2, -0.15) is 0 Å². The molecule has 0 aromatic heterocycles. The lowest BCUT2D eigenvalue weighted by molar-refractivity contribution is -0.158. The number of nitrogens with zero attached hydrogens (tertiary/aromatic N) is 1. The zero-order valence-electron chi connectivity index (χ0n) is 15.7. The molecule has 0 saturated carbocycles. The third-order valence-corrected chi connectivity index (χ3v) is 4.19. The third-order valence-electron chi connectivity index (χ3n) is 4.19. The highest BCUT2D eigenvalue weighted by molar-refractivity contribution is 6.22. The normalized spacial score (nSPS) is 15.3. The molecule has 1 aromatic rings. The average molecular weight is 372 g/mol. The Hall–Kier alpha value is -2.96. The van der Waals surface area contributed by atoms with Crippen molar-refractivity contribution in [3.8, 4) is 0 Å². The van der Waals surface area contributed by atoms with Gasteiger partial charge >= 0.3 is 5.97 Å². The summed E-state index contributed by atoms with van der Waals surface area (Å²) >= 11 is 0. The molecule has 7 heteroatoms. The topological polar surface area (TPSA) is 92.8 Å². The molecule has 1 aromatic carbocycles. The van der Waals surface area contributed by atoms with Crippen LogP contribution in [0.25, 0.3) is 0 Å². The monoisotopic (exact) mass is 372 g/mol. The van der Waals surface area contributed by atoms with Gasteiger partial charge in [0.05, 0.1) is 11.1 Å². The number of carbonyl (C=O) groups excluding carboxylic acids is 4. The van der Waals surface area contributed by atoms with Crippen LogP contribution in [0.3, 0.4) is 0 Å². The van der Waals surface area contributed by atoms with Crippen molar-refractivity contribution >= 4 is 23.7 Å². The van der Waals surface area contributed by atoms with Gasteiger partial charge in [0, 0.05) is 6.54 Å². The van der Waals surface area contributed by atoms with Crippen LogP contribution in [-0.2, 0) is 14.3 Å².